The van der Waals surface area contributed by atoms with Gasteiger partial charge in [-0.25, -0.2) is 0 Å². The van der Waals surface area contributed by atoms with Gasteiger partial charge < -0.3 is 44.6 Å². The van der Waals surface area contributed by atoms with Crippen LogP contribution in [0.5, 0.6) is 57.5 Å². The zero-order chi connectivity index (χ0) is 64.6. The molecule has 43 heteroatoms. The maximum absolute atomic E-state index is 12.2. The molecule has 0 unspecified atom stereocenters. The third-order valence-corrected chi connectivity index (χ3v) is 13.5. The van der Waals surface area contributed by atoms with Crippen molar-refractivity contribution >= 4 is 85.4 Å². The summed E-state index contributed by atoms with van der Waals surface area (Å²) in [5.74, 6) is -2.46. The van der Waals surface area contributed by atoms with Crippen LogP contribution in [0.4, 0.5) is 65.9 Å². The van der Waals surface area contributed by atoms with Crippen LogP contribution in [0, 0.1) is 0 Å². The highest BCUT2D eigenvalue weighted by Crippen LogP contribution is 2.42. The minimum Gasteiger partial charge on any atom is -0.496 e. The average Bonchev–Trinajstić information content (AvgIpc) is 3.34. The summed E-state index contributed by atoms with van der Waals surface area (Å²) < 4.78 is 330. The smallest absolute Gasteiger partial charge is 0.496 e. The van der Waals surface area contributed by atoms with E-state index in [0.29, 0.717) is 0 Å². The molecule has 0 bridgehead atoms. The standard InChI is InChI=1S/C10H11F3O6S.C9H9F3O5S.3C7H4ClF3O3S/c1-16-7-4-6(5-8(17-2)9(7)18-3)19-20(14,15)10(11,12)13;1-15-6-3-7(16-2)5-8(4-6)17-18(13,14)9(10,11)12;8-5-1-3-6(4-2-5)14-15(12,13)7(9,10)11;8-5-2-1-3-6(4-5)14-15(12,13)7(9,10)11;8-5-3-1-2-4-6(5)14-15(12,13)7(9,10)11/h4-5H,1-3H3;3-5H,1-2H3;3*1-4H. The van der Waals surface area contributed by atoms with Gasteiger partial charge >= 0.3 is 78.1 Å². The molecule has 0 fully saturated rings. The Bertz CT molecular complexity index is 3490. The summed E-state index contributed by atoms with van der Waals surface area (Å²) in [6.07, 6.45) is 0. The van der Waals surface area contributed by atoms with Crippen LogP contribution < -0.4 is 44.6 Å². The van der Waals surface area contributed by atoms with Crippen molar-refractivity contribution in [3.63, 3.8) is 0 Å². The first-order valence-electron chi connectivity index (χ1n) is 19.9. The molecule has 0 N–H and O–H groups in total. The number of hydrogen-bond acceptors (Lipinski definition) is 20. The Labute approximate surface area is 474 Å². The molecule has 0 aliphatic carbocycles. The second-order valence-corrected chi connectivity index (χ2v) is 22.6. The molecule has 0 aromatic heterocycles. The molecule has 0 aliphatic rings. The SMILES string of the molecule is COc1cc(OC)cc(OS(=O)(=O)C(F)(F)F)c1.COc1cc(OS(=O)(=O)C(F)(F)F)cc(OC)c1OC.O=S(=O)(Oc1ccc(Cl)cc1)C(F)(F)F.O=S(=O)(Oc1cccc(Cl)c1)C(F)(F)F.O=S(=O)(Oc1ccccc1Cl)C(F)(F)F. The van der Waals surface area contributed by atoms with Crippen LogP contribution in [0.15, 0.2) is 103 Å². The zero-order valence-electron chi connectivity index (χ0n) is 40.8. The molecule has 0 saturated heterocycles. The lowest BCUT2D eigenvalue weighted by Gasteiger charge is -2.15. The van der Waals surface area contributed by atoms with E-state index in [-0.39, 0.29) is 43.8 Å². The molecule has 0 aliphatic heterocycles. The molecular weight excluding hydrogens is 1350 g/mol. The quantitative estimate of drug-likeness (QED) is 0.0535. The zero-order valence-corrected chi connectivity index (χ0v) is 47.2. The number of benzene rings is 5. The third kappa shape index (κ3) is 23.3. The van der Waals surface area contributed by atoms with E-state index in [0.717, 1.165) is 54.6 Å². The Kier molecular flexibility index (Phi) is 26.5. The van der Waals surface area contributed by atoms with Crippen LogP contribution in [0.3, 0.4) is 0 Å². The Morgan fingerprint density at radius 2 is 0.639 bits per heavy atom. The van der Waals surface area contributed by atoms with Crippen molar-refractivity contribution in [2.24, 2.45) is 0 Å². The molecule has 0 spiro atoms. The first-order valence-corrected chi connectivity index (χ1v) is 28.0. The molecule has 5 aromatic carbocycles. The normalized spacial score (nSPS) is 12.3. The highest BCUT2D eigenvalue weighted by molar-refractivity contribution is 7.89. The monoisotopic (exact) mass is 1380 g/mol. The second kappa shape index (κ2) is 29.5. The summed E-state index contributed by atoms with van der Waals surface area (Å²) in [6.45, 7) is 0. The number of methoxy groups -OCH3 is 5. The van der Waals surface area contributed by atoms with Crippen molar-refractivity contribution in [1.29, 1.82) is 0 Å². The molecular formula is C40H32Cl3F15O20S5. The summed E-state index contributed by atoms with van der Waals surface area (Å²) >= 11 is 16.3. The van der Waals surface area contributed by atoms with E-state index in [4.69, 9.17) is 58.5 Å². The Morgan fingerprint density at radius 3 is 0.976 bits per heavy atom. The highest BCUT2D eigenvalue weighted by atomic mass is 35.5. The summed E-state index contributed by atoms with van der Waals surface area (Å²) in [5.41, 5.74) is -27.4. The van der Waals surface area contributed by atoms with Crippen LogP contribution in [0.2, 0.25) is 15.1 Å². The summed E-state index contributed by atoms with van der Waals surface area (Å²) in [6, 6.07) is 19.3. The molecule has 0 radical (unpaired) electrons. The number of rotatable bonds is 15. The number of alkyl halides is 15. The van der Waals surface area contributed by atoms with Gasteiger partial charge in [0.25, 0.3) is 0 Å². The topological polar surface area (TPSA) is 263 Å². The lowest BCUT2D eigenvalue weighted by molar-refractivity contribution is -0.0505. The van der Waals surface area contributed by atoms with Gasteiger partial charge in [0.05, 0.1) is 40.6 Å². The van der Waals surface area contributed by atoms with Gasteiger partial charge in [0.15, 0.2) is 23.0 Å². The van der Waals surface area contributed by atoms with Crippen LogP contribution in [0.25, 0.3) is 0 Å². The van der Waals surface area contributed by atoms with Crippen molar-refractivity contribution in [3.05, 3.63) is 118 Å². The number of hydrogen-bond donors (Lipinski definition) is 0. The third-order valence-electron chi connectivity index (χ3n) is 7.85. The van der Waals surface area contributed by atoms with Crippen molar-refractivity contribution < 1.29 is 153 Å². The predicted octanol–water partition coefficient (Wildman–Crippen LogP) is 11.6. The fourth-order valence-electron chi connectivity index (χ4n) is 4.32. The molecule has 0 amide bonds. The van der Waals surface area contributed by atoms with Gasteiger partial charge in [0.1, 0.15) is 28.7 Å². The van der Waals surface area contributed by atoms with E-state index < -0.39 is 107 Å². The minimum absolute atomic E-state index is 0.0424. The van der Waals surface area contributed by atoms with Crippen LogP contribution >= 0.6 is 34.8 Å². The van der Waals surface area contributed by atoms with Crippen molar-refractivity contribution in [1.82, 2.24) is 0 Å². The van der Waals surface area contributed by atoms with Gasteiger partial charge in [-0.3, -0.25) is 0 Å². The molecule has 0 heterocycles. The lowest BCUT2D eigenvalue weighted by atomic mass is 10.2. The molecule has 0 saturated carbocycles. The minimum atomic E-state index is -5.77. The van der Waals surface area contributed by atoms with Gasteiger partial charge in [-0.2, -0.15) is 108 Å². The highest BCUT2D eigenvalue weighted by Gasteiger charge is 2.52. The maximum atomic E-state index is 12.2. The lowest BCUT2D eigenvalue weighted by Crippen LogP contribution is -2.28. The van der Waals surface area contributed by atoms with Gasteiger partial charge in [-0.05, 0) is 48.5 Å². The summed E-state index contributed by atoms with van der Waals surface area (Å²) in [4.78, 5) is 0. The van der Waals surface area contributed by atoms with E-state index in [1.54, 1.807) is 0 Å². The fourth-order valence-corrected chi connectivity index (χ4v) is 7.12. The molecule has 468 valence electrons. The van der Waals surface area contributed by atoms with E-state index in [9.17, 15) is 108 Å². The van der Waals surface area contributed by atoms with Gasteiger partial charge in [0, 0.05) is 46.4 Å². The summed E-state index contributed by atoms with van der Waals surface area (Å²) in [5, 5.41) is 0.113. The number of ether oxygens (including phenoxy) is 5. The van der Waals surface area contributed by atoms with Gasteiger partial charge in [-0.15, -0.1) is 0 Å². The van der Waals surface area contributed by atoms with E-state index in [1.807, 2.05) is 0 Å². The largest absolute Gasteiger partial charge is 0.534 e. The molecule has 83 heavy (non-hydrogen) atoms. The van der Waals surface area contributed by atoms with E-state index >= 15 is 0 Å². The van der Waals surface area contributed by atoms with E-state index in [2.05, 4.69) is 20.9 Å². The van der Waals surface area contributed by atoms with Gasteiger partial charge in [0.2, 0.25) is 5.75 Å². The van der Waals surface area contributed by atoms with E-state index in [1.165, 1.54) is 84.1 Å². The van der Waals surface area contributed by atoms with Gasteiger partial charge in [-0.1, -0.05) is 53.0 Å². The van der Waals surface area contributed by atoms with Crippen LogP contribution in [-0.2, 0) is 50.6 Å². The van der Waals surface area contributed by atoms with Crippen molar-refractivity contribution in [2.75, 3.05) is 35.5 Å². The predicted molar refractivity (Wildman–Crippen MR) is 258 cm³/mol. The molecule has 0 atom stereocenters. The number of halogens is 18. The Balaban J connectivity index is 0.000000521. The molecule has 5 aromatic rings. The molecule has 20 nitrogen and oxygen atoms in total. The first-order chi connectivity index (χ1) is 37.5. The number of para-hydroxylation sites is 1. The Morgan fingerprint density at radius 1 is 0.301 bits per heavy atom. The fraction of sp³-hybridized carbons (Fsp3) is 0.250. The van der Waals surface area contributed by atoms with Crippen molar-refractivity contribution in [3.8, 4) is 57.5 Å². The van der Waals surface area contributed by atoms with Crippen LogP contribution in [-0.4, -0.2) is 105 Å². The van der Waals surface area contributed by atoms with Crippen LogP contribution in [0.1, 0.15) is 0 Å². The van der Waals surface area contributed by atoms with Crippen molar-refractivity contribution in [2.45, 2.75) is 27.5 Å². The first kappa shape index (κ1) is 74.7. The molecule has 5 rings (SSSR count). The maximum Gasteiger partial charge on any atom is 0.534 e. The Hall–Kier alpha value is -6.33. The second-order valence-electron chi connectivity index (χ2n) is 13.7. The summed E-state index contributed by atoms with van der Waals surface area (Å²) in [7, 11) is -22.1. The average molecular weight is 1380 g/mol.